The first kappa shape index (κ1) is 12.1. The molecule has 1 fully saturated rings. The molecule has 0 unspecified atom stereocenters. The summed E-state index contributed by atoms with van der Waals surface area (Å²) in [6, 6.07) is 2.19. The van der Waals surface area contributed by atoms with Gasteiger partial charge in [-0.15, -0.1) is 11.3 Å². The third-order valence-electron chi connectivity index (χ3n) is 2.44. The van der Waals surface area contributed by atoms with Gasteiger partial charge in [0, 0.05) is 6.04 Å². The van der Waals surface area contributed by atoms with Crippen molar-refractivity contribution < 1.29 is 14.3 Å². The second-order valence-corrected chi connectivity index (χ2v) is 4.77. The van der Waals surface area contributed by atoms with Crippen molar-refractivity contribution in [1.82, 2.24) is 5.32 Å². The van der Waals surface area contributed by atoms with Crippen molar-refractivity contribution in [3.05, 3.63) is 16.3 Å². The van der Waals surface area contributed by atoms with Crippen LogP contribution in [-0.2, 0) is 9.53 Å². The third kappa shape index (κ3) is 3.28. The zero-order chi connectivity index (χ0) is 12.3. The smallest absolute Gasteiger partial charge is 0.350 e. The lowest BCUT2D eigenvalue weighted by atomic mass is 10.3. The highest BCUT2D eigenvalue weighted by molar-refractivity contribution is 7.12. The molecule has 1 amide bonds. The standard InChI is InChI=1S/C11H14N2O3S/c1-16-11(15)10-8(4-5-17-10)13-9(14)6-12-7-2-3-7/h4-5,7,12H,2-3,6H2,1H3,(H,13,14). The molecule has 0 radical (unpaired) electrons. The molecule has 92 valence electrons. The van der Waals surface area contributed by atoms with E-state index < -0.39 is 5.97 Å². The molecule has 1 saturated carbocycles. The van der Waals surface area contributed by atoms with Crippen LogP contribution in [0.2, 0.25) is 0 Å². The van der Waals surface area contributed by atoms with Crippen LogP contribution in [-0.4, -0.2) is 31.6 Å². The molecule has 0 aliphatic heterocycles. The van der Waals surface area contributed by atoms with Crippen LogP contribution < -0.4 is 10.6 Å². The SMILES string of the molecule is COC(=O)c1sccc1NC(=O)CNC1CC1. The molecule has 0 saturated heterocycles. The normalized spacial score (nSPS) is 14.4. The van der Waals surface area contributed by atoms with Crippen molar-refractivity contribution >= 4 is 28.9 Å². The Morgan fingerprint density at radius 2 is 2.29 bits per heavy atom. The van der Waals surface area contributed by atoms with Gasteiger partial charge in [-0.3, -0.25) is 4.79 Å². The van der Waals surface area contributed by atoms with E-state index in [4.69, 9.17) is 0 Å². The van der Waals surface area contributed by atoms with E-state index in [1.807, 2.05) is 0 Å². The minimum absolute atomic E-state index is 0.138. The first-order chi connectivity index (χ1) is 8.20. The second kappa shape index (κ2) is 5.29. The summed E-state index contributed by atoms with van der Waals surface area (Å²) in [4.78, 5) is 23.4. The fraction of sp³-hybridized carbons (Fsp3) is 0.455. The molecule has 5 nitrogen and oxygen atoms in total. The quantitative estimate of drug-likeness (QED) is 0.775. The lowest BCUT2D eigenvalue weighted by Gasteiger charge is -2.06. The monoisotopic (exact) mass is 254 g/mol. The average Bonchev–Trinajstić information content (AvgIpc) is 3.05. The van der Waals surface area contributed by atoms with Crippen molar-refractivity contribution in [2.45, 2.75) is 18.9 Å². The van der Waals surface area contributed by atoms with Crippen LogP contribution in [0.4, 0.5) is 5.69 Å². The maximum absolute atomic E-state index is 11.6. The molecule has 1 aliphatic rings. The molecule has 2 rings (SSSR count). The van der Waals surface area contributed by atoms with Crippen molar-refractivity contribution in [3.63, 3.8) is 0 Å². The van der Waals surface area contributed by atoms with Gasteiger partial charge in [-0.2, -0.15) is 0 Å². The Balaban J connectivity index is 1.90. The average molecular weight is 254 g/mol. The highest BCUT2D eigenvalue weighted by Crippen LogP contribution is 2.23. The van der Waals surface area contributed by atoms with Crippen molar-refractivity contribution in [1.29, 1.82) is 0 Å². The summed E-state index contributed by atoms with van der Waals surface area (Å²) in [5.74, 6) is -0.564. The number of carbonyl (C=O) groups is 2. The number of anilines is 1. The number of carbonyl (C=O) groups excluding carboxylic acids is 2. The van der Waals surface area contributed by atoms with Gasteiger partial charge in [0.2, 0.25) is 5.91 Å². The summed E-state index contributed by atoms with van der Waals surface area (Å²) < 4.78 is 4.63. The van der Waals surface area contributed by atoms with Crippen LogP contribution in [0.3, 0.4) is 0 Å². The molecule has 6 heteroatoms. The lowest BCUT2D eigenvalue weighted by molar-refractivity contribution is -0.115. The van der Waals surface area contributed by atoms with E-state index in [1.165, 1.54) is 18.4 Å². The van der Waals surface area contributed by atoms with Crippen molar-refractivity contribution in [2.24, 2.45) is 0 Å². The summed E-state index contributed by atoms with van der Waals surface area (Å²) >= 11 is 1.25. The first-order valence-corrected chi connectivity index (χ1v) is 6.27. The molecule has 0 aromatic carbocycles. The number of thiophene rings is 1. The number of nitrogens with one attached hydrogen (secondary N) is 2. The number of hydrogen-bond donors (Lipinski definition) is 2. The Morgan fingerprint density at radius 1 is 1.53 bits per heavy atom. The fourth-order valence-corrected chi connectivity index (χ4v) is 2.14. The summed E-state index contributed by atoms with van der Waals surface area (Å²) in [5.41, 5.74) is 0.518. The molecule has 0 atom stereocenters. The Bertz CT molecular complexity index is 426. The van der Waals surface area contributed by atoms with Gasteiger partial charge in [0.25, 0.3) is 0 Å². The summed E-state index contributed by atoms with van der Waals surface area (Å²) in [6.07, 6.45) is 2.28. The predicted molar refractivity (Wildman–Crippen MR) is 65.3 cm³/mol. The summed E-state index contributed by atoms with van der Waals surface area (Å²) in [5, 5.41) is 7.55. The number of hydrogen-bond acceptors (Lipinski definition) is 5. The Kier molecular flexibility index (Phi) is 3.75. The van der Waals surface area contributed by atoms with Crippen LogP contribution in [0.1, 0.15) is 22.5 Å². The Hall–Kier alpha value is -1.40. The van der Waals surface area contributed by atoms with E-state index in [0.717, 1.165) is 12.8 Å². The minimum Gasteiger partial charge on any atom is -0.465 e. The van der Waals surface area contributed by atoms with Gasteiger partial charge in [-0.25, -0.2) is 4.79 Å². The third-order valence-corrected chi connectivity index (χ3v) is 3.33. The van der Waals surface area contributed by atoms with Crippen LogP contribution >= 0.6 is 11.3 Å². The van der Waals surface area contributed by atoms with Crippen LogP contribution in [0.25, 0.3) is 0 Å². The molecule has 1 aromatic heterocycles. The Morgan fingerprint density at radius 3 is 2.94 bits per heavy atom. The molecule has 0 bridgehead atoms. The van der Waals surface area contributed by atoms with Crippen LogP contribution in [0.5, 0.6) is 0 Å². The van der Waals surface area contributed by atoms with Gasteiger partial charge in [0.1, 0.15) is 4.88 Å². The highest BCUT2D eigenvalue weighted by atomic mass is 32.1. The lowest BCUT2D eigenvalue weighted by Crippen LogP contribution is -2.29. The fourth-order valence-electron chi connectivity index (χ4n) is 1.38. The highest BCUT2D eigenvalue weighted by Gasteiger charge is 2.21. The molecular formula is C11H14N2O3S. The van der Waals surface area contributed by atoms with E-state index in [1.54, 1.807) is 11.4 Å². The topological polar surface area (TPSA) is 67.4 Å². The van der Waals surface area contributed by atoms with E-state index in [2.05, 4.69) is 15.4 Å². The van der Waals surface area contributed by atoms with Crippen molar-refractivity contribution in [3.8, 4) is 0 Å². The van der Waals surface area contributed by atoms with E-state index in [0.29, 0.717) is 16.6 Å². The second-order valence-electron chi connectivity index (χ2n) is 3.86. The maximum atomic E-state index is 11.6. The molecule has 1 heterocycles. The largest absolute Gasteiger partial charge is 0.465 e. The zero-order valence-electron chi connectivity index (χ0n) is 9.49. The van der Waals surface area contributed by atoms with Crippen molar-refractivity contribution in [2.75, 3.05) is 19.0 Å². The number of amides is 1. The number of methoxy groups -OCH3 is 1. The predicted octanol–water partition coefficient (Wildman–Crippen LogP) is 1.23. The Labute approximate surface area is 103 Å². The van der Waals surface area contributed by atoms with Gasteiger partial charge < -0.3 is 15.4 Å². The number of ether oxygens (including phenoxy) is 1. The van der Waals surface area contributed by atoms with Gasteiger partial charge in [-0.05, 0) is 24.3 Å². The maximum Gasteiger partial charge on any atom is 0.350 e. The number of rotatable bonds is 5. The van der Waals surface area contributed by atoms with Gasteiger partial charge in [0.15, 0.2) is 0 Å². The van der Waals surface area contributed by atoms with E-state index in [9.17, 15) is 9.59 Å². The van der Waals surface area contributed by atoms with E-state index in [-0.39, 0.29) is 12.5 Å². The van der Waals surface area contributed by atoms with Gasteiger partial charge in [0.05, 0.1) is 19.3 Å². The first-order valence-electron chi connectivity index (χ1n) is 5.39. The molecule has 0 spiro atoms. The number of esters is 1. The minimum atomic E-state index is -0.426. The van der Waals surface area contributed by atoms with Gasteiger partial charge in [-0.1, -0.05) is 0 Å². The molecular weight excluding hydrogens is 240 g/mol. The molecule has 1 aromatic rings. The molecule has 1 aliphatic carbocycles. The summed E-state index contributed by atoms with van der Waals surface area (Å²) in [6.45, 7) is 0.279. The molecule has 17 heavy (non-hydrogen) atoms. The van der Waals surface area contributed by atoms with Gasteiger partial charge >= 0.3 is 5.97 Å². The van der Waals surface area contributed by atoms with Crippen LogP contribution in [0.15, 0.2) is 11.4 Å². The zero-order valence-corrected chi connectivity index (χ0v) is 10.3. The van der Waals surface area contributed by atoms with Crippen LogP contribution in [0, 0.1) is 0 Å². The molecule has 2 N–H and O–H groups in total. The van der Waals surface area contributed by atoms with E-state index >= 15 is 0 Å². The summed E-state index contributed by atoms with van der Waals surface area (Å²) in [7, 11) is 1.32.